The zero-order valence-electron chi connectivity index (χ0n) is 21.8. The number of fused-ring (bicyclic) bond motifs is 1. The summed E-state index contributed by atoms with van der Waals surface area (Å²) in [5.41, 5.74) is -2.69. The highest BCUT2D eigenvalue weighted by molar-refractivity contribution is 6.30. The van der Waals surface area contributed by atoms with Gasteiger partial charge in [0.1, 0.15) is 12.1 Å². The van der Waals surface area contributed by atoms with Crippen LogP contribution >= 0.6 is 23.2 Å². The number of carbonyl (C=O) groups is 5. The molecule has 214 valence electrons. The summed E-state index contributed by atoms with van der Waals surface area (Å²) in [6.07, 6.45) is 1.56. The molecule has 38 heavy (non-hydrogen) atoms. The molecule has 0 bridgehead atoms. The third kappa shape index (κ3) is 6.16. The van der Waals surface area contributed by atoms with Crippen molar-refractivity contribution in [3.63, 3.8) is 0 Å². The van der Waals surface area contributed by atoms with Gasteiger partial charge in [-0.05, 0) is 36.0 Å². The molecule has 10 nitrogen and oxygen atoms in total. The Hall–Kier alpha value is -2.21. The molecule has 0 spiro atoms. The van der Waals surface area contributed by atoms with Gasteiger partial charge >= 0.3 is 0 Å². The van der Waals surface area contributed by atoms with Gasteiger partial charge in [0.05, 0.1) is 12.5 Å². The van der Waals surface area contributed by atoms with Crippen molar-refractivity contribution in [3.05, 3.63) is 0 Å². The number of alkyl halides is 4. The Morgan fingerprint density at radius 2 is 1.87 bits per heavy atom. The van der Waals surface area contributed by atoms with Crippen molar-refractivity contribution >= 4 is 52.7 Å². The molecule has 5 amide bonds. The minimum atomic E-state index is -2.46. The van der Waals surface area contributed by atoms with E-state index in [2.05, 4.69) is 16.1 Å². The first-order valence-corrected chi connectivity index (χ1v) is 13.7. The maximum atomic E-state index is 13.8. The first kappa shape index (κ1) is 30.3. The van der Waals surface area contributed by atoms with Gasteiger partial charge in [0.2, 0.25) is 11.8 Å². The number of hydrogen-bond acceptors (Lipinski definition) is 5. The Morgan fingerprint density at radius 3 is 2.42 bits per heavy atom. The number of nitrogens with zero attached hydrogens (tertiary/aromatic N) is 2. The molecule has 0 unspecified atom stereocenters. The zero-order chi connectivity index (χ0) is 28.5. The van der Waals surface area contributed by atoms with E-state index >= 15 is 0 Å². The molecular formula is C24H35Cl2F2N5O5. The number of halogens is 4. The van der Waals surface area contributed by atoms with Gasteiger partial charge in [0.25, 0.3) is 29.0 Å². The van der Waals surface area contributed by atoms with E-state index < -0.39 is 58.8 Å². The molecule has 0 aromatic heterocycles. The monoisotopic (exact) mass is 581 g/mol. The second kappa shape index (κ2) is 11.9. The van der Waals surface area contributed by atoms with Gasteiger partial charge < -0.3 is 15.5 Å². The largest absolute Gasteiger partial charge is 0.356 e. The Bertz CT molecular complexity index is 968. The quantitative estimate of drug-likeness (QED) is 0.280. The van der Waals surface area contributed by atoms with E-state index in [1.165, 1.54) is 4.90 Å². The van der Waals surface area contributed by atoms with Crippen molar-refractivity contribution in [3.8, 4) is 0 Å². The minimum Gasteiger partial charge on any atom is -0.356 e. The molecule has 2 aliphatic heterocycles. The maximum absolute atomic E-state index is 13.8. The lowest BCUT2D eigenvalue weighted by Crippen LogP contribution is -2.61. The summed E-state index contributed by atoms with van der Waals surface area (Å²) in [6.45, 7) is 7.80. The van der Waals surface area contributed by atoms with E-state index in [9.17, 15) is 32.8 Å². The third-order valence-electron chi connectivity index (χ3n) is 8.24. The lowest BCUT2D eigenvalue weighted by molar-refractivity contribution is -0.151. The number of piperidine rings is 2. The lowest BCUT2D eigenvalue weighted by Gasteiger charge is -2.36. The van der Waals surface area contributed by atoms with Crippen LogP contribution in [0, 0.1) is 29.1 Å². The predicted octanol–water partition coefficient (Wildman–Crippen LogP) is 1.46. The number of likely N-dealkylation sites (tertiary alicyclic amines) is 1. The maximum Gasteiger partial charge on any atom is 0.291 e. The van der Waals surface area contributed by atoms with E-state index in [1.807, 2.05) is 13.8 Å². The molecule has 8 atom stereocenters. The van der Waals surface area contributed by atoms with E-state index in [0.29, 0.717) is 30.8 Å². The number of rotatable bonds is 9. The van der Waals surface area contributed by atoms with Gasteiger partial charge in [-0.25, -0.2) is 13.8 Å². The van der Waals surface area contributed by atoms with Crippen LogP contribution in [-0.2, 0) is 24.0 Å². The van der Waals surface area contributed by atoms with Crippen LogP contribution in [0.2, 0.25) is 0 Å². The Morgan fingerprint density at radius 1 is 1.21 bits per heavy atom. The molecule has 3 aliphatic rings. The normalized spacial score (nSPS) is 28.7. The summed E-state index contributed by atoms with van der Waals surface area (Å²) < 4.78 is 27.2. The molecule has 14 heteroatoms. The number of nitrogens with one attached hydrogen (secondary N) is 3. The van der Waals surface area contributed by atoms with Gasteiger partial charge in [0.15, 0.2) is 0 Å². The fourth-order valence-electron chi connectivity index (χ4n) is 5.63. The molecule has 3 fully saturated rings. The van der Waals surface area contributed by atoms with Gasteiger partial charge in [-0.2, -0.15) is 0 Å². The highest BCUT2D eigenvalue weighted by Crippen LogP contribution is 2.65. The smallest absolute Gasteiger partial charge is 0.291 e. The minimum absolute atomic E-state index is 0.0346. The van der Waals surface area contributed by atoms with E-state index in [1.54, 1.807) is 13.8 Å². The zero-order valence-corrected chi connectivity index (χ0v) is 23.3. The van der Waals surface area contributed by atoms with Crippen LogP contribution in [-0.4, -0.2) is 82.4 Å². The van der Waals surface area contributed by atoms with Crippen molar-refractivity contribution in [2.75, 3.05) is 19.6 Å². The van der Waals surface area contributed by atoms with E-state index in [0.717, 1.165) is 0 Å². The first-order chi connectivity index (χ1) is 17.7. The topological polar surface area (TPSA) is 128 Å². The molecule has 3 rings (SSSR count). The fourth-order valence-corrected chi connectivity index (χ4v) is 5.81. The average Bonchev–Trinajstić information content (AvgIpc) is 3.18. The Balaban J connectivity index is 1.85. The second-order valence-corrected chi connectivity index (χ2v) is 11.7. The van der Waals surface area contributed by atoms with Gasteiger partial charge in [0, 0.05) is 13.1 Å². The molecule has 2 heterocycles. The fraction of sp³-hybridized carbons (Fsp3) is 0.792. The summed E-state index contributed by atoms with van der Waals surface area (Å²) in [7, 11) is 0. The molecule has 1 saturated carbocycles. The average molecular weight is 582 g/mol. The molecule has 1 aliphatic carbocycles. The van der Waals surface area contributed by atoms with Gasteiger partial charge in [-0.1, -0.05) is 57.3 Å². The van der Waals surface area contributed by atoms with Crippen LogP contribution in [0.5, 0.6) is 0 Å². The number of hydrogen-bond donors (Lipinski definition) is 3. The molecule has 0 aromatic carbocycles. The van der Waals surface area contributed by atoms with Crippen molar-refractivity contribution < 1.29 is 32.8 Å². The number of carbonyl (C=O) groups excluding carboxylic acids is 5. The predicted molar refractivity (Wildman–Crippen MR) is 135 cm³/mol. The third-order valence-corrected chi connectivity index (χ3v) is 8.62. The van der Waals surface area contributed by atoms with Crippen molar-refractivity contribution in [2.24, 2.45) is 29.1 Å². The summed E-state index contributed by atoms with van der Waals surface area (Å²) >= 11 is 10.7. The molecule has 2 saturated heterocycles. The van der Waals surface area contributed by atoms with Crippen LogP contribution in [0.15, 0.2) is 0 Å². The first-order valence-electron chi connectivity index (χ1n) is 12.8. The van der Waals surface area contributed by atoms with Crippen LogP contribution in [0.25, 0.3) is 0 Å². The van der Waals surface area contributed by atoms with Crippen LogP contribution in [0.3, 0.4) is 0 Å². The van der Waals surface area contributed by atoms with Crippen LogP contribution in [0.1, 0.15) is 47.0 Å². The van der Waals surface area contributed by atoms with Crippen molar-refractivity contribution in [1.29, 1.82) is 0 Å². The number of amides is 5. The molecular weight excluding hydrogens is 547 g/mol. The SMILES string of the molecule is CC[C@H](C)[C@H](NC(=O)[C@H](F)Cl)C(=O)N1C[C@H]2[C@@H]([C@H]1C(=O)NN(C[C@@H]1CCCNC1=O)C(=O)[C@H](F)Cl)C2(C)C. The summed E-state index contributed by atoms with van der Waals surface area (Å²) in [5.74, 6) is -5.43. The molecule has 0 aromatic rings. The van der Waals surface area contributed by atoms with Crippen molar-refractivity contribution in [1.82, 2.24) is 26.0 Å². The summed E-state index contributed by atoms with van der Waals surface area (Å²) in [6, 6.07) is -2.19. The standard InChI is InChI=1S/C24H35Cl2F2N5O5/c1-5-11(2)15(30-21(36)17(25)27)22(37)32-10-13-14(24(13,3)4)16(32)20(35)31-33(23(38)18(26)28)9-12-7-6-8-29-19(12)34/h11-18H,5-10H2,1-4H3,(H,29,34)(H,30,36)(H,31,35)/t11-,12-,13-,14-,15-,16-,17-,18-/m0/s1. The Labute approximate surface area is 230 Å². The Kier molecular flexibility index (Phi) is 9.49. The van der Waals surface area contributed by atoms with Gasteiger partial charge in [-0.3, -0.25) is 29.4 Å². The lowest BCUT2D eigenvalue weighted by atomic mass is 9.95. The second-order valence-electron chi connectivity index (χ2n) is 10.9. The van der Waals surface area contributed by atoms with E-state index in [4.69, 9.17) is 23.2 Å². The summed E-state index contributed by atoms with van der Waals surface area (Å²) in [4.78, 5) is 65.3. The van der Waals surface area contributed by atoms with Crippen LogP contribution < -0.4 is 16.1 Å². The molecule has 3 N–H and O–H groups in total. The van der Waals surface area contributed by atoms with E-state index in [-0.39, 0.29) is 36.2 Å². The summed E-state index contributed by atoms with van der Waals surface area (Å²) in [5, 5.41) is 5.72. The molecule has 0 radical (unpaired) electrons. The van der Waals surface area contributed by atoms with Crippen molar-refractivity contribution in [2.45, 2.75) is 70.3 Å². The highest BCUT2D eigenvalue weighted by Gasteiger charge is 2.69. The number of hydrazine groups is 1. The highest BCUT2D eigenvalue weighted by atomic mass is 35.5. The van der Waals surface area contributed by atoms with Crippen LogP contribution in [0.4, 0.5) is 8.78 Å². The van der Waals surface area contributed by atoms with Gasteiger partial charge in [-0.15, -0.1) is 0 Å².